The Morgan fingerprint density at radius 2 is 1.60 bits per heavy atom. The lowest BCUT2D eigenvalue weighted by Crippen LogP contribution is -2.28. The first-order valence-corrected chi connectivity index (χ1v) is 10.4. The summed E-state index contributed by atoms with van der Waals surface area (Å²) in [5.41, 5.74) is 4.48. The molecule has 0 saturated carbocycles. The molecular formula is C25H26ClNO3. The van der Waals surface area contributed by atoms with Gasteiger partial charge in [0, 0.05) is 29.9 Å². The fourth-order valence-electron chi connectivity index (χ4n) is 3.58. The number of esters is 1. The van der Waals surface area contributed by atoms with E-state index < -0.39 is 0 Å². The topological polar surface area (TPSA) is 48.4 Å². The van der Waals surface area contributed by atoms with Crippen molar-refractivity contribution in [2.45, 2.75) is 31.8 Å². The number of hydrogen-bond acceptors (Lipinski definition) is 4. The molecule has 156 valence electrons. The van der Waals surface area contributed by atoms with Crippen LogP contribution in [0.2, 0.25) is 5.02 Å². The Balaban J connectivity index is 1.92. The van der Waals surface area contributed by atoms with Gasteiger partial charge in [0.25, 0.3) is 0 Å². The maximum absolute atomic E-state index is 12.0. The van der Waals surface area contributed by atoms with Crippen LogP contribution in [-0.4, -0.2) is 30.8 Å². The van der Waals surface area contributed by atoms with Crippen molar-refractivity contribution in [3.63, 3.8) is 0 Å². The van der Waals surface area contributed by atoms with Crippen molar-refractivity contribution in [1.29, 1.82) is 0 Å². The summed E-state index contributed by atoms with van der Waals surface area (Å²) in [5, 5.41) is 0.702. The monoisotopic (exact) mass is 423 g/mol. The standard InChI is InChI=1S/C25H26ClNO3/c1-3-30-24(17-25(28)29-2)23(16-18-4-10-22(26)11-5-18)21-8-6-19(7-9-21)20-12-14-27-15-13-20/h4-15,23-24H,3,16-17H2,1-2H3/t23-,24-/m1/s1. The summed E-state index contributed by atoms with van der Waals surface area (Å²) < 4.78 is 10.9. The highest BCUT2D eigenvalue weighted by atomic mass is 35.5. The molecule has 0 saturated heterocycles. The van der Waals surface area contributed by atoms with E-state index in [9.17, 15) is 4.79 Å². The van der Waals surface area contributed by atoms with Crippen molar-refractivity contribution in [3.05, 3.63) is 89.2 Å². The second-order valence-electron chi connectivity index (χ2n) is 7.07. The van der Waals surface area contributed by atoms with Crippen molar-refractivity contribution in [2.75, 3.05) is 13.7 Å². The van der Waals surface area contributed by atoms with Gasteiger partial charge in [-0.15, -0.1) is 0 Å². The second-order valence-corrected chi connectivity index (χ2v) is 7.51. The van der Waals surface area contributed by atoms with Gasteiger partial charge in [-0.3, -0.25) is 9.78 Å². The Morgan fingerprint density at radius 3 is 2.20 bits per heavy atom. The molecule has 0 bridgehead atoms. The van der Waals surface area contributed by atoms with E-state index in [0.717, 1.165) is 28.7 Å². The third kappa shape index (κ3) is 5.91. The summed E-state index contributed by atoms with van der Waals surface area (Å²) in [6.45, 7) is 2.46. The predicted molar refractivity (Wildman–Crippen MR) is 120 cm³/mol. The average Bonchev–Trinajstić information content (AvgIpc) is 2.79. The molecule has 0 amide bonds. The molecule has 0 aliphatic carbocycles. The molecule has 0 aliphatic rings. The number of aromatic nitrogens is 1. The van der Waals surface area contributed by atoms with Crippen LogP contribution < -0.4 is 0 Å². The van der Waals surface area contributed by atoms with Crippen LogP contribution in [0.15, 0.2) is 73.1 Å². The molecule has 0 unspecified atom stereocenters. The van der Waals surface area contributed by atoms with Crippen LogP contribution >= 0.6 is 11.6 Å². The normalized spacial score (nSPS) is 12.9. The third-order valence-electron chi connectivity index (χ3n) is 5.15. The van der Waals surface area contributed by atoms with E-state index in [2.05, 4.69) is 29.2 Å². The SMILES string of the molecule is CCO[C@H](CC(=O)OC)[C@H](Cc1ccc(Cl)cc1)c1ccc(-c2ccncc2)cc1. The Labute approximate surface area is 182 Å². The van der Waals surface area contributed by atoms with Crippen LogP contribution in [0.3, 0.4) is 0 Å². The van der Waals surface area contributed by atoms with Crippen LogP contribution in [0, 0.1) is 0 Å². The number of ether oxygens (including phenoxy) is 2. The van der Waals surface area contributed by atoms with Gasteiger partial charge in [-0.1, -0.05) is 48.0 Å². The van der Waals surface area contributed by atoms with Crippen LogP contribution in [0.4, 0.5) is 0 Å². The number of nitrogens with zero attached hydrogens (tertiary/aromatic N) is 1. The summed E-state index contributed by atoms with van der Waals surface area (Å²) in [6.07, 6.45) is 4.22. The first-order valence-electron chi connectivity index (χ1n) is 10.0. The van der Waals surface area contributed by atoms with Crippen molar-refractivity contribution in [2.24, 2.45) is 0 Å². The molecule has 2 atom stereocenters. The number of methoxy groups -OCH3 is 1. The summed E-state index contributed by atoms with van der Waals surface area (Å²) in [6, 6.07) is 20.2. The molecule has 3 rings (SSSR count). The fraction of sp³-hybridized carbons (Fsp3) is 0.280. The van der Waals surface area contributed by atoms with E-state index in [1.54, 1.807) is 12.4 Å². The molecule has 0 radical (unpaired) electrons. The number of carbonyl (C=O) groups is 1. The zero-order valence-electron chi connectivity index (χ0n) is 17.3. The predicted octanol–water partition coefficient (Wildman–Crippen LogP) is 5.70. The summed E-state index contributed by atoms with van der Waals surface area (Å²) in [7, 11) is 1.41. The summed E-state index contributed by atoms with van der Waals surface area (Å²) in [5.74, 6) is -0.278. The number of hydrogen-bond donors (Lipinski definition) is 0. The minimum atomic E-state index is -0.287. The van der Waals surface area contributed by atoms with E-state index in [-0.39, 0.29) is 24.4 Å². The highest BCUT2D eigenvalue weighted by Crippen LogP contribution is 2.31. The smallest absolute Gasteiger partial charge is 0.308 e. The fourth-order valence-corrected chi connectivity index (χ4v) is 3.71. The van der Waals surface area contributed by atoms with Crippen LogP contribution in [0.1, 0.15) is 30.4 Å². The minimum absolute atomic E-state index is 0.00304. The molecule has 4 nitrogen and oxygen atoms in total. The molecule has 1 aromatic heterocycles. The number of halogens is 1. The van der Waals surface area contributed by atoms with E-state index in [1.165, 1.54) is 7.11 Å². The van der Waals surface area contributed by atoms with Crippen LogP contribution in [0.25, 0.3) is 11.1 Å². The van der Waals surface area contributed by atoms with Gasteiger partial charge in [-0.25, -0.2) is 0 Å². The van der Waals surface area contributed by atoms with E-state index in [1.807, 2.05) is 43.3 Å². The summed E-state index contributed by atoms with van der Waals surface area (Å²) in [4.78, 5) is 16.1. The van der Waals surface area contributed by atoms with Gasteiger partial charge in [-0.2, -0.15) is 0 Å². The Kier molecular flexibility index (Phi) is 8.00. The molecule has 5 heteroatoms. The molecule has 0 fully saturated rings. The first kappa shape index (κ1) is 22.0. The van der Waals surface area contributed by atoms with Gasteiger partial charge in [-0.05, 0) is 59.9 Å². The maximum atomic E-state index is 12.0. The zero-order valence-corrected chi connectivity index (χ0v) is 18.0. The number of pyridine rings is 1. The first-order chi connectivity index (χ1) is 14.6. The average molecular weight is 424 g/mol. The van der Waals surface area contributed by atoms with Gasteiger partial charge in [0.15, 0.2) is 0 Å². The van der Waals surface area contributed by atoms with Crippen molar-refractivity contribution < 1.29 is 14.3 Å². The third-order valence-corrected chi connectivity index (χ3v) is 5.40. The maximum Gasteiger partial charge on any atom is 0.308 e. The van der Waals surface area contributed by atoms with Gasteiger partial charge < -0.3 is 9.47 Å². The molecule has 0 spiro atoms. The van der Waals surface area contributed by atoms with Crippen molar-refractivity contribution in [1.82, 2.24) is 4.98 Å². The zero-order chi connectivity index (χ0) is 21.3. The number of benzene rings is 2. The van der Waals surface area contributed by atoms with Gasteiger partial charge in [0.05, 0.1) is 19.6 Å². The number of carbonyl (C=O) groups excluding carboxylic acids is 1. The molecular weight excluding hydrogens is 398 g/mol. The van der Waals surface area contributed by atoms with Crippen molar-refractivity contribution in [3.8, 4) is 11.1 Å². The highest BCUT2D eigenvalue weighted by molar-refractivity contribution is 6.30. The Morgan fingerprint density at radius 1 is 0.967 bits per heavy atom. The van der Waals surface area contributed by atoms with Crippen LogP contribution in [-0.2, 0) is 20.7 Å². The molecule has 2 aromatic carbocycles. The molecule has 0 N–H and O–H groups in total. The molecule has 30 heavy (non-hydrogen) atoms. The van der Waals surface area contributed by atoms with E-state index in [4.69, 9.17) is 21.1 Å². The minimum Gasteiger partial charge on any atom is -0.469 e. The van der Waals surface area contributed by atoms with E-state index in [0.29, 0.717) is 11.6 Å². The quantitative estimate of drug-likeness (QED) is 0.414. The lowest BCUT2D eigenvalue weighted by atomic mass is 9.85. The largest absolute Gasteiger partial charge is 0.469 e. The van der Waals surface area contributed by atoms with E-state index >= 15 is 0 Å². The Bertz CT molecular complexity index is 927. The van der Waals surface area contributed by atoms with Crippen LogP contribution in [0.5, 0.6) is 0 Å². The summed E-state index contributed by atoms with van der Waals surface area (Å²) >= 11 is 6.05. The van der Waals surface area contributed by atoms with Gasteiger partial charge in [0.1, 0.15) is 0 Å². The molecule has 0 aliphatic heterocycles. The molecule has 1 heterocycles. The van der Waals surface area contributed by atoms with Gasteiger partial charge in [0.2, 0.25) is 0 Å². The van der Waals surface area contributed by atoms with Crippen molar-refractivity contribution >= 4 is 17.6 Å². The number of rotatable bonds is 9. The second kappa shape index (κ2) is 10.9. The lowest BCUT2D eigenvalue weighted by molar-refractivity contribution is -0.144. The Hall–Kier alpha value is -2.69. The highest BCUT2D eigenvalue weighted by Gasteiger charge is 2.27. The lowest BCUT2D eigenvalue weighted by Gasteiger charge is -2.27. The van der Waals surface area contributed by atoms with Gasteiger partial charge >= 0.3 is 5.97 Å². The molecule has 3 aromatic rings.